The van der Waals surface area contributed by atoms with Crippen LogP contribution in [0.4, 0.5) is 0 Å². The largest absolute Gasteiger partial charge is 0.349 e. The van der Waals surface area contributed by atoms with Gasteiger partial charge in [-0.25, -0.2) is 9.97 Å². The predicted octanol–water partition coefficient (Wildman–Crippen LogP) is -0.163. The number of hydrogen-bond donors (Lipinski definition) is 1. The summed E-state index contributed by atoms with van der Waals surface area (Å²) in [5, 5.41) is 12.8. The Morgan fingerprint density at radius 1 is 1.44 bits per heavy atom. The molecule has 0 aliphatic heterocycles. The number of hydrogen-bond acceptors (Lipinski definition) is 4. The van der Waals surface area contributed by atoms with Crippen molar-refractivity contribution in [1.29, 1.82) is 5.26 Å². The molecular formula is C10H11N6+. The Morgan fingerprint density at radius 2 is 2.25 bits per heavy atom. The van der Waals surface area contributed by atoms with E-state index in [9.17, 15) is 0 Å². The number of nitriles is 1. The molecule has 0 amide bonds. The van der Waals surface area contributed by atoms with Crippen molar-refractivity contribution in [1.82, 2.24) is 19.7 Å². The molecule has 0 radical (unpaired) electrons. The fraction of sp³-hybridized carbons (Fsp3) is 0.200. The van der Waals surface area contributed by atoms with Gasteiger partial charge in [0.05, 0.1) is 5.56 Å². The van der Waals surface area contributed by atoms with Crippen LogP contribution in [0.5, 0.6) is 0 Å². The van der Waals surface area contributed by atoms with E-state index in [0.29, 0.717) is 11.4 Å². The Hall–Kier alpha value is -2.26. The first-order valence-corrected chi connectivity index (χ1v) is 4.82. The van der Waals surface area contributed by atoms with Gasteiger partial charge in [0, 0.05) is 6.20 Å². The summed E-state index contributed by atoms with van der Waals surface area (Å²) in [6, 6.07) is 5.48. The maximum absolute atomic E-state index is 8.67. The Morgan fingerprint density at radius 3 is 2.81 bits per heavy atom. The molecule has 1 atom stereocenters. The van der Waals surface area contributed by atoms with E-state index >= 15 is 0 Å². The highest BCUT2D eigenvalue weighted by molar-refractivity contribution is 5.31. The molecule has 16 heavy (non-hydrogen) atoms. The molecule has 0 aliphatic carbocycles. The Kier molecular flexibility index (Phi) is 2.62. The first kappa shape index (κ1) is 10.3. The highest BCUT2D eigenvalue weighted by atomic mass is 15.4. The number of rotatable bonds is 2. The lowest BCUT2D eigenvalue weighted by molar-refractivity contribution is -0.422. The third kappa shape index (κ3) is 1.76. The minimum absolute atomic E-state index is 0.0277. The highest BCUT2D eigenvalue weighted by Crippen LogP contribution is 2.09. The molecule has 2 aromatic rings. The second kappa shape index (κ2) is 4.08. The molecule has 6 nitrogen and oxygen atoms in total. The van der Waals surface area contributed by atoms with E-state index in [4.69, 9.17) is 5.26 Å². The lowest BCUT2D eigenvalue weighted by Crippen LogP contribution is -2.52. The van der Waals surface area contributed by atoms with E-state index in [1.54, 1.807) is 16.8 Å². The van der Waals surface area contributed by atoms with Gasteiger partial charge in [-0.05, 0) is 19.1 Å². The third-order valence-corrected chi connectivity index (χ3v) is 2.11. The van der Waals surface area contributed by atoms with E-state index in [1.165, 1.54) is 12.5 Å². The molecule has 0 aliphatic rings. The number of quaternary nitrogens is 1. The van der Waals surface area contributed by atoms with Crippen LogP contribution in [0, 0.1) is 11.3 Å². The number of nitrogens with zero attached hydrogens (tertiary/aromatic N) is 5. The molecule has 0 bridgehead atoms. The summed E-state index contributed by atoms with van der Waals surface area (Å²) < 4.78 is 1.62. The lowest BCUT2D eigenvalue weighted by atomic mass is 10.3. The SMILES string of the molecule is C[C@H]([NH3+])c1ncnn1-c1ccc(C#N)cn1. The van der Waals surface area contributed by atoms with Crippen LogP contribution in [0.25, 0.3) is 5.82 Å². The summed E-state index contributed by atoms with van der Waals surface area (Å²) in [5.41, 5.74) is 4.42. The lowest BCUT2D eigenvalue weighted by Gasteiger charge is -2.05. The molecule has 0 saturated carbocycles. The van der Waals surface area contributed by atoms with Gasteiger partial charge in [0.15, 0.2) is 11.6 Å². The van der Waals surface area contributed by atoms with Crippen molar-refractivity contribution in [2.45, 2.75) is 13.0 Å². The minimum atomic E-state index is 0.0277. The van der Waals surface area contributed by atoms with Crippen LogP contribution >= 0.6 is 0 Å². The van der Waals surface area contributed by atoms with Crippen molar-refractivity contribution < 1.29 is 5.73 Å². The molecule has 3 N–H and O–H groups in total. The number of pyridine rings is 1. The first-order valence-electron chi connectivity index (χ1n) is 4.82. The van der Waals surface area contributed by atoms with Gasteiger partial charge >= 0.3 is 0 Å². The maximum Gasteiger partial charge on any atom is 0.191 e. The molecular weight excluding hydrogens is 204 g/mol. The van der Waals surface area contributed by atoms with Crippen molar-refractivity contribution in [3.8, 4) is 11.9 Å². The predicted molar refractivity (Wildman–Crippen MR) is 55.2 cm³/mol. The fourth-order valence-electron chi connectivity index (χ4n) is 1.34. The van der Waals surface area contributed by atoms with Crippen LogP contribution in [-0.4, -0.2) is 19.7 Å². The van der Waals surface area contributed by atoms with Gasteiger partial charge in [-0.2, -0.15) is 15.0 Å². The van der Waals surface area contributed by atoms with Gasteiger partial charge in [-0.3, -0.25) is 0 Å². The van der Waals surface area contributed by atoms with Crippen LogP contribution in [-0.2, 0) is 0 Å². The van der Waals surface area contributed by atoms with Crippen molar-refractivity contribution in [2.24, 2.45) is 0 Å². The molecule has 2 aromatic heterocycles. The molecule has 80 valence electrons. The highest BCUT2D eigenvalue weighted by Gasteiger charge is 2.13. The average Bonchev–Trinajstić information content (AvgIpc) is 2.78. The fourth-order valence-corrected chi connectivity index (χ4v) is 1.34. The van der Waals surface area contributed by atoms with Gasteiger partial charge in [0.25, 0.3) is 0 Å². The zero-order valence-corrected chi connectivity index (χ0v) is 8.83. The number of aromatic nitrogens is 4. The molecule has 0 aromatic carbocycles. The van der Waals surface area contributed by atoms with Gasteiger partial charge in [-0.1, -0.05) is 0 Å². The summed E-state index contributed by atoms with van der Waals surface area (Å²) in [4.78, 5) is 8.26. The van der Waals surface area contributed by atoms with E-state index in [2.05, 4.69) is 20.8 Å². The van der Waals surface area contributed by atoms with Crippen molar-refractivity contribution >= 4 is 0 Å². The topological polar surface area (TPSA) is 95.0 Å². The molecule has 6 heteroatoms. The zero-order chi connectivity index (χ0) is 11.5. The minimum Gasteiger partial charge on any atom is -0.349 e. The summed E-state index contributed by atoms with van der Waals surface area (Å²) in [7, 11) is 0. The van der Waals surface area contributed by atoms with Crippen molar-refractivity contribution in [3.63, 3.8) is 0 Å². The van der Waals surface area contributed by atoms with E-state index in [-0.39, 0.29) is 6.04 Å². The van der Waals surface area contributed by atoms with Crippen molar-refractivity contribution in [3.05, 3.63) is 36.0 Å². The van der Waals surface area contributed by atoms with E-state index in [0.717, 1.165) is 5.82 Å². The zero-order valence-electron chi connectivity index (χ0n) is 8.83. The van der Waals surface area contributed by atoms with Crippen LogP contribution in [0.15, 0.2) is 24.7 Å². The molecule has 2 rings (SSSR count). The molecule has 2 heterocycles. The molecule has 0 spiro atoms. The summed E-state index contributed by atoms with van der Waals surface area (Å²) >= 11 is 0. The molecule has 0 saturated heterocycles. The Balaban J connectivity index is 2.43. The Bertz CT molecular complexity index is 519. The third-order valence-electron chi connectivity index (χ3n) is 2.11. The monoisotopic (exact) mass is 215 g/mol. The normalized spacial score (nSPS) is 12.1. The van der Waals surface area contributed by atoms with Crippen LogP contribution < -0.4 is 5.73 Å². The van der Waals surface area contributed by atoms with Crippen LogP contribution in [0.1, 0.15) is 24.4 Å². The van der Waals surface area contributed by atoms with E-state index < -0.39 is 0 Å². The maximum atomic E-state index is 8.67. The van der Waals surface area contributed by atoms with Gasteiger partial charge < -0.3 is 5.73 Å². The standard InChI is InChI=1S/C10H10N6/c1-7(12)10-14-6-15-16(10)9-3-2-8(4-11)5-13-9/h2-3,5-7H,12H2,1H3/p+1/t7-/m0/s1. The second-order valence-electron chi connectivity index (χ2n) is 3.45. The van der Waals surface area contributed by atoms with Crippen LogP contribution in [0.3, 0.4) is 0 Å². The molecule has 0 unspecified atom stereocenters. The van der Waals surface area contributed by atoms with Crippen LogP contribution in [0.2, 0.25) is 0 Å². The van der Waals surface area contributed by atoms with Gasteiger partial charge in [0.2, 0.25) is 0 Å². The quantitative estimate of drug-likeness (QED) is 0.752. The summed E-state index contributed by atoms with van der Waals surface area (Å²) in [6.45, 7) is 1.93. The van der Waals surface area contributed by atoms with E-state index in [1.807, 2.05) is 13.0 Å². The van der Waals surface area contributed by atoms with Gasteiger partial charge in [0.1, 0.15) is 18.4 Å². The second-order valence-corrected chi connectivity index (χ2v) is 3.45. The molecule has 0 fully saturated rings. The Labute approximate surface area is 92.4 Å². The summed E-state index contributed by atoms with van der Waals surface area (Å²) in [5.74, 6) is 1.39. The van der Waals surface area contributed by atoms with Gasteiger partial charge in [-0.15, -0.1) is 0 Å². The summed E-state index contributed by atoms with van der Waals surface area (Å²) in [6.07, 6.45) is 2.98. The first-order chi connectivity index (χ1) is 7.72. The smallest absolute Gasteiger partial charge is 0.191 e. The average molecular weight is 215 g/mol. The van der Waals surface area contributed by atoms with Crippen molar-refractivity contribution in [2.75, 3.05) is 0 Å².